The highest BCUT2D eigenvalue weighted by Crippen LogP contribution is 2.37. The number of hydrogen-bond donors (Lipinski definition) is 1. The first-order valence-electron chi connectivity index (χ1n) is 10.2. The molecule has 1 N–H and O–H groups in total. The van der Waals surface area contributed by atoms with Gasteiger partial charge in [0.25, 0.3) is 0 Å². The lowest BCUT2D eigenvalue weighted by Gasteiger charge is -2.48. The predicted molar refractivity (Wildman–Crippen MR) is 108 cm³/mol. The normalized spacial score (nSPS) is 26.8. The third kappa shape index (κ3) is 3.21. The second kappa shape index (κ2) is 7.28. The highest BCUT2D eigenvalue weighted by Gasteiger charge is 2.46. The Kier molecular flexibility index (Phi) is 4.62. The maximum atomic E-state index is 11.8. The first-order chi connectivity index (χ1) is 13.7. The van der Waals surface area contributed by atoms with Crippen molar-refractivity contribution in [2.75, 3.05) is 26.2 Å². The molecule has 4 heterocycles. The van der Waals surface area contributed by atoms with Gasteiger partial charge in [-0.15, -0.1) is 0 Å². The van der Waals surface area contributed by atoms with E-state index in [9.17, 15) is 5.11 Å². The van der Waals surface area contributed by atoms with Gasteiger partial charge in [-0.25, -0.2) is 9.50 Å². The van der Waals surface area contributed by atoms with Crippen molar-refractivity contribution < 1.29 is 5.11 Å². The molecule has 2 aliphatic heterocycles. The molecule has 1 aromatic carbocycles. The minimum atomic E-state index is -0.779. The predicted octanol–water partition coefficient (Wildman–Crippen LogP) is 2.29. The average molecular weight is 377 g/mol. The van der Waals surface area contributed by atoms with E-state index in [1.165, 1.54) is 18.4 Å². The molecule has 2 aliphatic rings. The van der Waals surface area contributed by atoms with E-state index >= 15 is 0 Å². The van der Waals surface area contributed by atoms with E-state index in [1.54, 1.807) is 10.8 Å². The molecule has 2 fully saturated rings. The van der Waals surface area contributed by atoms with E-state index in [-0.39, 0.29) is 6.04 Å². The fraction of sp³-hybridized carbons (Fsp3) is 0.455. The number of piperidine rings is 1. The first-order valence-corrected chi connectivity index (χ1v) is 10.2. The quantitative estimate of drug-likeness (QED) is 0.756. The largest absolute Gasteiger partial charge is 0.383 e. The number of fused-ring (bicyclic) bond motifs is 1. The molecular weight excluding hydrogens is 350 g/mol. The summed E-state index contributed by atoms with van der Waals surface area (Å²) in [7, 11) is 0. The molecule has 0 amide bonds. The SMILES string of the molecule is O[C@]1(c2ccccc2)CCN(Cc2ccn3ncnc3c2)C[C@H]1N1CCCC1. The van der Waals surface area contributed by atoms with Gasteiger partial charge in [0, 0.05) is 25.8 Å². The molecule has 146 valence electrons. The molecule has 5 rings (SSSR count). The van der Waals surface area contributed by atoms with Gasteiger partial charge in [0.2, 0.25) is 0 Å². The molecule has 2 aromatic heterocycles. The number of likely N-dealkylation sites (tertiary alicyclic amines) is 2. The van der Waals surface area contributed by atoms with E-state index in [0.717, 1.165) is 50.4 Å². The smallest absolute Gasteiger partial charge is 0.155 e. The van der Waals surface area contributed by atoms with Crippen LogP contribution >= 0.6 is 0 Å². The van der Waals surface area contributed by atoms with Crippen LogP contribution in [0.15, 0.2) is 55.0 Å². The van der Waals surface area contributed by atoms with Crippen molar-refractivity contribution in [2.24, 2.45) is 0 Å². The van der Waals surface area contributed by atoms with Crippen LogP contribution < -0.4 is 0 Å². The summed E-state index contributed by atoms with van der Waals surface area (Å²) < 4.78 is 1.79. The highest BCUT2D eigenvalue weighted by atomic mass is 16.3. The van der Waals surface area contributed by atoms with Crippen molar-refractivity contribution in [2.45, 2.75) is 37.5 Å². The standard InChI is InChI=1S/C22H27N5O/c28-22(19-6-2-1-3-7-19)9-13-25(16-20(22)26-10-4-5-11-26)15-18-8-12-27-21(14-18)23-17-24-27/h1-3,6-8,12,14,17,20,28H,4-5,9-11,13,15-16H2/t20-,22+/m1/s1. The Bertz CT molecular complexity index is 936. The van der Waals surface area contributed by atoms with E-state index in [4.69, 9.17) is 0 Å². The Morgan fingerprint density at radius 1 is 1.07 bits per heavy atom. The van der Waals surface area contributed by atoms with E-state index in [2.05, 4.69) is 44.1 Å². The molecule has 0 aliphatic carbocycles. The highest BCUT2D eigenvalue weighted by molar-refractivity contribution is 5.39. The number of aliphatic hydroxyl groups is 1. The van der Waals surface area contributed by atoms with Gasteiger partial charge in [-0.2, -0.15) is 5.10 Å². The zero-order chi connectivity index (χ0) is 19.0. The number of aromatic nitrogens is 3. The Hall–Kier alpha value is -2.28. The van der Waals surface area contributed by atoms with Gasteiger partial charge in [-0.3, -0.25) is 9.80 Å². The summed E-state index contributed by atoms with van der Waals surface area (Å²) in [6.45, 7) is 4.80. The number of rotatable bonds is 4. The summed E-state index contributed by atoms with van der Waals surface area (Å²) in [4.78, 5) is 9.27. The van der Waals surface area contributed by atoms with Gasteiger partial charge < -0.3 is 5.11 Å². The number of pyridine rings is 1. The van der Waals surface area contributed by atoms with Gasteiger partial charge in [-0.05, 0) is 55.6 Å². The number of nitrogens with zero attached hydrogens (tertiary/aromatic N) is 5. The summed E-state index contributed by atoms with van der Waals surface area (Å²) in [5, 5.41) is 15.9. The molecule has 0 spiro atoms. The van der Waals surface area contributed by atoms with Crippen LogP contribution in [-0.4, -0.2) is 61.7 Å². The maximum absolute atomic E-state index is 11.8. The number of benzene rings is 1. The Morgan fingerprint density at radius 2 is 1.89 bits per heavy atom. The van der Waals surface area contributed by atoms with Crippen LogP contribution in [0.3, 0.4) is 0 Å². The molecule has 3 aromatic rings. The lowest BCUT2D eigenvalue weighted by atomic mass is 9.79. The first kappa shape index (κ1) is 17.8. The lowest BCUT2D eigenvalue weighted by molar-refractivity contribution is -0.0959. The van der Waals surface area contributed by atoms with Gasteiger partial charge in [0.05, 0.1) is 6.04 Å². The second-order valence-electron chi connectivity index (χ2n) is 8.13. The van der Waals surface area contributed by atoms with Crippen molar-refractivity contribution in [3.05, 3.63) is 66.1 Å². The summed E-state index contributed by atoms with van der Waals surface area (Å²) in [6.07, 6.45) is 6.77. The van der Waals surface area contributed by atoms with Crippen LogP contribution in [0.1, 0.15) is 30.4 Å². The number of hydrogen-bond acceptors (Lipinski definition) is 5. The van der Waals surface area contributed by atoms with Crippen molar-refractivity contribution in [3.8, 4) is 0 Å². The summed E-state index contributed by atoms with van der Waals surface area (Å²) in [6, 6.07) is 14.6. The molecule has 0 saturated carbocycles. The Morgan fingerprint density at radius 3 is 2.71 bits per heavy atom. The van der Waals surface area contributed by atoms with Crippen LogP contribution in [0.5, 0.6) is 0 Å². The molecule has 0 radical (unpaired) electrons. The van der Waals surface area contributed by atoms with Crippen molar-refractivity contribution in [1.29, 1.82) is 0 Å². The molecule has 6 nitrogen and oxygen atoms in total. The van der Waals surface area contributed by atoms with Gasteiger partial charge in [0.1, 0.15) is 11.9 Å². The van der Waals surface area contributed by atoms with E-state index < -0.39 is 5.60 Å². The molecule has 2 atom stereocenters. The second-order valence-corrected chi connectivity index (χ2v) is 8.13. The summed E-state index contributed by atoms with van der Waals surface area (Å²) >= 11 is 0. The minimum absolute atomic E-state index is 0.128. The van der Waals surface area contributed by atoms with Crippen molar-refractivity contribution >= 4 is 5.65 Å². The Balaban J connectivity index is 1.39. The molecule has 0 unspecified atom stereocenters. The molecule has 0 bridgehead atoms. The molecular formula is C22H27N5O. The van der Waals surface area contributed by atoms with E-state index in [1.807, 2.05) is 24.4 Å². The summed E-state index contributed by atoms with van der Waals surface area (Å²) in [5.41, 5.74) is 2.40. The Labute approximate surface area is 165 Å². The van der Waals surface area contributed by atoms with Crippen LogP contribution in [0.2, 0.25) is 0 Å². The minimum Gasteiger partial charge on any atom is -0.383 e. The van der Waals surface area contributed by atoms with E-state index in [0.29, 0.717) is 0 Å². The average Bonchev–Trinajstić information content (AvgIpc) is 3.42. The molecule has 2 saturated heterocycles. The van der Waals surface area contributed by atoms with Gasteiger partial charge in [-0.1, -0.05) is 30.3 Å². The monoisotopic (exact) mass is 377 g/mol. The van der Waals surface area contributed by atoms with Crippen LogP contribution in [0.25, 0.3) is 5.65 Å². The fourth-order valence-electron chi connectivity index (χ4n) is 4.87. The third-order valence-electron chi connectivity index (χ3n) is 6.40. The third-order valence-corrected chi connectivity index (χ3v) is 6.40. The van der Waals surface area contributed by atoms with Gasteiger partial charge >= 0.3 is 0 Å². The zero-order valence-corrected chi connectivity index (χ0v) is 16.1. The topological polar surface area (TPSA) is 56.9 Å². The van der Waals surface area contributed by atoms with Gasteiger partial charge in [0.15, 0.2) is 5.65 Å². The van der Waals surface area contributed by atoms with Crippen LogP contribution in [0, 0.1) is 0 Å². The lowest BCUT2D eigenvalue weighted by Crippen LogP contribution is -2.60. The molecule has 6 heteroatoms. The van der Waals surface area contributed by atoms with Crippen LogP contribution in [0.4, 0.5) is 0 Å². The summed E-state index contributed by atoms with van der Waals surface area (Å²) in [5.74, 6) is 0. The fourth-order valence-corrected chi connectivity index (χ4v) is 4.87. The zero-order valence-electron chi connectivity index (χ0n) is 16.1. The van der Waals surface area contributed by atoms with Crippen LogP contribution in [-0.2, 0) is 12.1 Å². The van der Waals surface area contributed by atoms with Crippen molar-refractivity contribution in [3.63, 3.8) is 0 Å². The maximum Gasteiger partial charge on any atom is 0.155 e. The molecule has 28 heavy (non-hydrogen) atoms. The van der Waals surface area contributed by atoms with Crippen molar-refractivity contribution in [1.82, 2.24) is 24.4 Å².